The van der Waals surface area contributed by atoms with E-state index >= 15 is 0 Å². The minimum absolute atomic E-state index is 0.112. The number of carboxylic acid groups (broad SMARTS) is 1. The lowest BCUT2D eigenvalue weighted by atomic mass is 10.1. The summed E-state index contributed by atoms with van der Waals surface area (Å²) in [5, 5.41) is 16.4. The van der Waals surface area contributed by atoms with Crippen LogP contribution in [0.25, 0.3) is 17.0 Å². The zero-order chi connectivity index (χ0) is 13.2. The normalized spacial score (nSPS) is 10.5. The van der Waals surface area contributed by atoms with E-state index in [1.807, 2.05) is 36.5 Å². The van der Waals surface area contributed by atoms with Crippen molar-refractivity contribution in [2.24, 2.45) is 0 Å². The van der Waals surface area contributed by atoms with E-state index in [9.17, 15) is 4.79 Å². The second kappa shape index (κ2) is 4.41. The molecule has 0 aliphatic rings. The summed E-state index contributed by atoms with van der Waals surface area (Å²) < 4.78 is 6.73. The standard InChI is InChI=1S/C13H9N3O3/c17-13(18)11-8-12(19-15-11)9-3-1-4-10(7-9)16-6-2-5-14-16/h1-8H,(H,17,18). The fourth-order valence-corrected chi connectivity index (χ4v) is 1.74. The Morgan fingerprint density at radius 2 is 2.16 bits per heavy atom. The van der Waals surface area contributed by atoms with Gasteiger partial charge in [-0.25, -0.2) is 9.48 Å². The van der Waals surface area contributed by atoms with E-state index < -0.39 is 5.97 Å². The number of benzene rings is 1. The summed E-state index contributed by atoms with van der Waals surface area (Å²) in [5.41, 5.74) is 1.49. The van der Waals surface area contributed by atoms with Crippen molar-refractivity contribution in [1.29, 1.82) is 0 Å². The van der Waals surface area contributed by atoms with E-state index in [4.69, 9.17) is 9.63 Å². The van der Waals surface area contributed by atoms with Gasteiger partial charge in [0, 0.05) is 24.0 Å². The molecule has 0 saturated heterocycles. The molecule has 1 aromatic carbocycles. The van der Waals surface area contributed by atoms with Crippen molar-refractivity contribution in [3.05, 3.63) is 54.5 Å². The van der Waals surface area contributed by atoms with Gasteiger partial charge in [0.15, 0.2) is 11.5 Å². The number of nitrogens with zero attached hydrogens (tertiary/aromatic N) is 3. The Hall–Kier alpha value is -2.89. The summed E-state index contributed by atoms with van der Waals surface area (Å²) in [5.74, 6) is -0.704. The highest BCUT2D eigenvalue weighted by molar-refractivity contribution is 5.86. The van der Waals surface area contributed by atoms with Crippen LogP contribution in [0.5, 0.6) is 0 Å². The highest BCUT2D eigenvalue weighted by Gasteiger charge is 2.12. The lowest BCUT2D eigenvalue weighted by Gasteiger charge is -2.02. The van der Waals surface area contributed by atoms with Crippen molar-refractivity contribution < 1.29 is 14.4 Å². The molecular weight excluding hydrogens is 246 g/mol. The molecule has 3 aromatic rings. The smallest absolute Gasteiger partial charge is 0.358 e. The van der Waals surface area contributed by atoms with Crippen LogP contribution in [0.3, 0.4) is 0 Å². The van der Waals surface area contributed by atoms with Gasteiger partial charge in [-0.15, -0.1) is 0 Å². The number of carboxylic acids is 1. The Kier molecular flexibility index (Phi) is 2.60. The summed E-state index contributed by atoms with van der Waals surface area (Å²) in [7, 11) is 0. The van der Waals surface area contributed by atoms with Crippen molar-refractivity contribution in [2.75, 3.05) is 0 Å². The highest BCUT2D eigenvalue weighted by Crippen LogP contribution is 2.22. The maximum Gasteiger partial charge on any atom is 0.358 e. The number of carbonyl (C=O) groups is 1. The van der Waals surface area contributed by atoms with Crippen LogP contribution in [0.2, 0.25) is 0 Å². The molecule has 94 valence electrons. The molecule has 19 heavy (non-hydrogen) atoms. The first-order chi connectivity index (χ1) is 9.24. The molecule has 2 heterocycles. The summed E-state index contributed by atoms with van der Waals surface area (Å²) in [6.07, 6.45) is 3.51. The second-order valence-electron chi connectivity index (χ2n) is 3.88. The summed E-state index contributed by atoms with van der Waals surface area (Å²) in [6.45, 7) is 0. The van der Waals surface area contributed by atoms with Gasteiger partial charge in [-0.05, 0) is 18.2 Å². The van der Waals surface area contributed by atoms with Gasteiger partial charge < -0.3 is 9.63 Å². The molecular formula is C13H9N3O3. The molecule has 6 heteroatoms. The molecule has 0 spiro atoms. The lowest BCUT2D eigenvalue weighted by Crippen LogP contribution is -1.94. The van der Waals surface area contributed by atoms with Crippen molar-refractivity contribution >= 4 is 5.97 Å². The van der Waals surface area contributed by atoms with Crippen LogP contribution in [0.15, 0.2) is 53.3 Å². The van der Waals surface area contributed by atoms with Crippen LogP contribution in [0, 0.1) is 0 Å². The lowest BCUT2D eigenvalue weighted by molar-refractivity contribution is 0.0686. The number of aromatic nitrogens is 3. The van der Waals surface area contributed by atoms with Gasteiger partial charge >= 0.3 is 5.97 Å². The Morgan fingerprint density at radius 3 is 2.84 bits per heavy atom. The molecule has 0 fully saturated rings. The van der Waals surface area contributed by atoms with E-state index in [1.54, 1.807) is 10.9 Å². The van der Waals surface area contributed by atoms with Crippen molar-refractivity contribution in [3.63, 3.8) is 0 Å². The number of hydrogen-bond acceptors (Lipinski definition) is 4. The third-order valence-corrected chi connectivity index (χ3v) is 2.63. The number of rotatable bonds is 3. The fourth-order valence-electron chi connectivity index (χ4n) is 1.74. The molecule has 0 unspecified atom stereocenters. The predicted molar refractivity (Wildman–Crippen MR) is 66.0 cm³/mol. The van der Waals surface area contributed by atoms with E-state index in [0.717, 1.165) is 11.3 Å². The van der Waals surface area contributed by atoms with Crippen LogP contribution in [0.1, 0.15) is 10.5 Å². The minimum Gasteiger partial charge on any atom is -0.476 e. The first-order valence-corrected chi connectivity index (χ1v) is 5.54. The van der Waals surface area contributed by atoms with Gasteiger partial charge in [-0.1, -0.05) is 17.3 Å². The summed E-state index contributed by atoms with van der Waals surface area (Å²) in [4.78, 5) is 10.8. The van der Waals surface area contributed by atoms with Crippen LogP contribution in [-0.2, 0) is 0 Å². The van der Waals surface area contributed by atoms with Crippen LogP contribution in [-0.4, -0.2) is 26.0 Å². The molecule has 6 nitrogen and oxygen atoms in total. The molecule has 0 radical (unpaired) electrons. The summed E-state index contributed by atoms with van der Waals surface area (Å²) >= 11 is 0. The van der Waals surface area contributed by atoms with E-state index in [-0.39, 0.29) is 5.69 Å². The molecule has 0 saturated carbocycles. The summed E-state index contributed by atoms with van der Waals surface area (Å²) in [6, 6.07) is 10.6. The van der Waals surface area contributed by atoms with E-state index in [1.165, 1.54) is 6.07 Å². The van der Waals surface area contributed by atoms with E-state index in [2.05, 4.69) is 10.3 Å². The fraction of sp³-hybridized carbons (Fsp3) is 0. The van der Waals surface area contributed by atoms with Crippen LogP contribution in [0.4, 0.5) is 0 Å². The highest BCUT2D eigenvalue weighted by atomic mass is 16.5. The zero-order valence-electron chi connectivity index (χ0n) is 9.72. The predicted octanol–water partition coefficient (Wildman–Crippen LogP) is 2.23. The molecule has 1 N–H and O–H groups in total. The largest absolute Gasteiger partial charge is 0.476 e. The van der Waals surface area contributed by atoms with Gasteiger partial charge in [0.05, 0.1) is 5.69 Å². The molecule has 2 aromatic heterocycles. The van der Waals surface area contributed by atoms with Gasteiger partial charge in [0.1, 0.15) is 0 Å². The quantitative estimate of drug-likeness (QED) is 0.776. The first kappa shape index (κ1) is 11.2. The van der Waals surface area contributed by atoms with Crippen molar-refractivity contribution in [3.8, 4) is 17.0 Å². The maximum absolute atomic E-state index is 10.8. The third kappa shape index (κ3) is 2.11. The number of aromatic carboxylic acids is 1. The molecule has 0 amide bonds. The average molecular weight is 255 g/mol. The monoisotopic (exact) mass is 255 g/mol. The van der Waals surface area contributed by atoms with Crippen molar-refractivity contribution in [2.45, 2.75) is 0 Å². The molecule has 0 bridgehead atoms. The number of hydrogen-bond donors (Lipinski definition) is 1. The second-order valence-corrected chi connectivity index (χ2v) is 3.88. The van der Waals surface area contributed by atoms with Gasteiger partial charge in [-0.2, -0.15) is 5.10 Å². The Bertz CT molecular complexity index is 716. The molecule has 0 aliphatic heterocycles. The molecule has 0 aliphatic carbocycles. The topological polar surface area (TPSA) is 81.1 Å². The minimum atomic E-state index is -1.11. The van der Waals surface area contributed by atoms with Crippen LogP contribution < -0.4 is 0 Å². The van der Waals surface area contributed by atoms with Gasteiger partial charge in [0.2, 0.25) is 0 Å². The van der Waals surface area contributed by atoms with Gasteiger partial charge in [-0.3, -0.25) is 0 Å². The first-order valence-electron chi connectivity index (χ1n) is 5.54. The molecule has 3 rings (SSSR count). The zero-order valence-corrected chi connectivity index (χ0v) is 9.72. The average Bonchev–Trinajstić information content (AvgIpc) is 3.10. The maximum atomic E-state index is 10.8. The van der Waals surface area contributed by atoms with E-state index in [0.29, 0.717) is 5.76 Å². The Balaban J connectivity index is 2.01. The SMILES string of the molecule is O=C(O)c1cc(-c2cccc(-n3cccn3)c2)on1. The Morgan fingerprint density at radius 1 is 1.26 bits per heavy atom. The van der Waals surface area contributed by atoms with Crippen LogP contribution >= 0.6 is 0 Å². The van der Waals surface area contributed by atoms with Gasteiger partial charge in [0.25, 0.3) is 0 Å². The molecule has 0 atom stereocenters. The third-order valence-electron chi connectivity index (χ3n) is 2.63. The van der Waals surface area contributed by atoms with Crippen molar-refractivity contribution in [1.82, 2.24) is 14.9 Å². The Labute approximate surface area is 107 Å².